The van der Waals surface area contributed by atoms with Gasteiger partial charge in [0.05, 0.1) is 11.6 Å². The average molecular weight is 302 g/mol. The molecule has 2 heteroatoms. The Kier molecular flexibility index (Phi) is 4.53. The summed E-state index contributed by atoms with van der Waals surface area (Å²) in [6.45, 7) is 3.94. The van der Waals surface area contributed by atoms with Crippen molar-refractivity contribution in [3.05, 3.63) is 101 Å². The summed E-state index contributed by atoms with van der Waals surface area (Å²) in [5, 5.41) is 1.55. The lowest BCUT2D eigenvalue weighted by Crippen LogP contribution is -2.03. The molecule has 2 aromatic carbocycles. The fraction of sp³-hybridized carbons (Fsp3) is 0.0952. The highest BCUT2D eigenvalue weighted by atomic mass is 16.4. The SMILES string of the molecule is C=CC(C/C=C/c1ccccc1)c1coc(=O)c2ccccc12. The van der Waals surface area contributed by atoms with Gasteiger partial charge in [-0.15, -0.1) is 6.58 Å². The van der Waals surface area contributed by atoms with Gasteiger partial charge in [-0.1, -0.05) is 66.8 Å². The van der Waals surface area contributed by atoms with Crippen LogP contribution in [0.15, 0.2) is 88.8 Å². The van der Waals surface area contributed by atoms with Crippen LogP contribution in [0.3, 0.4) is 0 Å². The van der Waals surface area contributed by atoms with Crippen LogP contribution in [0.2, 0.25) is 0 Å². The van der Waals surface area contributed by atoms with Crippen molar-refractivity contribution in [3.63, 3.8) is 0 Å². The first kappa shape index (κ1) is 15.0. The molecule has 1 unspecified atom stereocenters. The van der Waals surface area contributed by atoms with Gasteiger partial charge < -0.3 is 4.42 Å². The molecule has 0 saturated carbocycles. The highest BCUT2D eigenvalue weighted by molar-refractivity contribution is 5.84. The van der Waals surface area contributed by atoms with Gasteiger partial charge in [-0.05, 0) is 23.4 Å². The number of fused-ring (bicyclic) bond motifs is 1. The second-order valence-corrected chi connectivity index (χ2v) is 5.42. The standard InChI is InChI=1S/C21H18O2/c1-2-17(12-8-11-16-9-4-3-5-10-16)20-15-23-21(22)19-14-7-6-13-18(19)20/h2-11,13-15,17H,1,12H2/b11-8+. The van der Waals surface area contributed by atoms with E-state index in [4.69, 9.17) is 4.42 Å². The normalized spacial score (nSPS) is 12.5. The van der Waals surface area contributed by atoms with Crippen molar-refractivity contribution < 1.29 is 4.42 Å². The van der Waals surface area contributed by atoms with Gasteiger partial charge in [0, 0.05) is 11.5 Å². The third kappa shape index (κ3) is 3.32. The molecule has 3 aromatic rings. The zero-order valence-electron chi connectivity index (χ0n) is 12.8. The Morgan fingerprint density at radius 2 is 1.70 bits per heavy atom. The molecule has 0 radical (unpaired) electrons. The molecule has 1 atom stereocenters. The molecule has 1 heterocycles. The summed E-state index contributed by atoms with van der Waals surface area (Å²) in [5.74, 6) is 0.101. The highest BCUT2D eigenvalue weighted by Gasteiger charge is 2.12. The number of benzene rings is 2. The number of hydrogen-bond acceptors (Lipinski definition) is 2. The topological polar surface area (TPSA) is 30.2 Å². The first-order chi connectivity index (χ1) is 11.3. The summed E-state index contributed by atoms with van der Waals surface area (Å²) >= 11 is 0. The van der Waals surface area contributed by atoms with Crippen molar-refractivity contribution in [2.75, 3.05) is 0 Å². The maximum Gasteiger partial charge on any atom is 0.343 e. The van der Waals surface area contributed by atoms with Crippen LogP contribution in [-0.2, 0) is 0 Å². The molecule has 2 nitrogen and oxygen atoms in total. The van der Waals surface area contributed by atoms with E-state index in [9.17, 15) is 4.79 Å². The molecular weight excluding hydrogens is 284 g/mol. The Morgan fingerprint density at radius 1 is 1.00 bits per heavy atom. The second kappa shape index (κ2) is 6.93. The zero-order chi connectivity index (χ0) is 16.1. The summed E-state index contributed by atoms with van der Waals surface area (Å²) in [5.41, 5.74) is 1.86. The molecule has 0 aliphatic heterocycles. The van der Waals surface area contributed by atoms with Crippen LogP contribution >= 0.6 is 0 Å². The van der Waals surface area contributed by atoms with Crippen LogP contribution in [0.25, 0.3) is 16.8 Å². The maximum atomic E-state index is 11.8. The van der Waals surface area contributed by atoms with Gasteiger partial charge in [-0.25, -0.2) is 4.79 Å². The minimum Gasteiger partial charge on any atom is -0.431 e. The molecule has 0 aliphatic rings. The molecule has 0 spiro atoms. The average Bonchev–Trinajstić information content (AvgIpc) is 2.61. The predicted octanol–water partition coefficient (Wildman–Crippen LogP) is 5.17. The van der Waals surface area contributed by atoms with E-state index in [-0.39, 0.29) is 11.5 Å². The van der Waals surface area contributed by atoms with Crippen LogP contribution in [-0.4, -0.2) is 0 Å². The van der Waals surface area contributed by atoms with Crippen LogP contribution in [0.1, 0.15) is 23.5 Å². The van der Waals surface area contributed by atoms with Gasteiger partial charge in [-0.2, -0.15) is 0 Å². The molecule has 0 fully saturated rings. The van der Waals surface area contributed by atoms with E-state index >= 15 is 0 Å². The van der Waals surface area contributed by atoms with E-state index in [1.807, 2.05) is 42.5 Å². The minimum absolute atomic E-state index is 0.101. The molecule has 114 valence electrons. The second-order valence-electron chi connectivity index (χ2n) is 5.42. The van der Waals surface area contributed by atoms with Gasteiger partial charge in [-0.3, -0.25) is 0 Å². The molecule has 0 aliphatic carbocycles. The maximum absolute atomic E-state index is 11.8. The first-order valence-electron chi connectivity index (χ1n) is 7.64. The summed E-state index contributed by atoms with van der Waals surface area (Å²) in [6.07, 6.45) is 8.49. The Morgan fingerprint density at radius 3 is 2.43 bits per heavy atom. The molecule has 3 rings (SSSR count). The summed E-state index contributed by atoms with van der Waals surface area (Å²) in [7, 11) is 0. The molecule has 0 saturated heterocycles. The fourth-order valence-corrected chi connectivity index (χ4v) is 2.71. The monoisotopic (exact) mass is 302 g/mol. The minimum atomic E-state index is -0.299. The van der Waals surface area contributed by atoms with Gasteiger partial charge >= 0.3 is 5.63 Å². The van der Waals surface area contributed by atoms with Gasteiger partial charge in [0.2, 0.25) is 0 Å². The van der Waals surface area contributed by atoms with Crippen molar-refractivity contribution >= 4 is 16.8 Å². The van der Waals surface area contributed by atoms with E-state index in [2.05, 4.69) is 30.9 Å². The quantitative estimate of drug-likeness (QED) is 0.609. The van der Waals surface area contributed by atoms with Crippen molar-refractivity contribution in [3.8, 4) is 0 Å². The van der Waals surface area contributed by atoms with Crippen molar-refractivity contribution in [2.24, 2.45) is 0 Å². The zero-order valence-corrected chi connectivity index (χ0v) is 12.8. The molecular formula is C21H18O2. The van der Waals surface area contributed by atoms with Crippen LogP contribution < -0.4 is 5.63 Å². The van der Waals surface area contributed by atoms with Gasteiger partial charge in [0.15, 0.2) is 0 Å². The van der Waals surface area contributed by atoms with Crippen molar-refractivity contribution in [1.82, 2.24) is 0 Å². The number of hydrogen-bond donors (Lipinski definition) is 0. The van der Waals surface area contributed by atoms with Crippen molar-refractivity contribution in [2.45, 2.75) is 12.3 Å². The molecule has 0 bridgehead atoms. The van der Waals surface area contributed by atoms with E-state index in [0.717, 1.165) is 17.4 Å². The highest BCUT2D eigenvalue weighted by Crippen LogP contribution is 2.27. The molecule has 1 aromatic heterocycles. The number of rotatable bonds is 5. The lowest BCUT2D eigenvalue weighted by atomic mass is 9.93. The Balaban J connectivity index is 1.90. The lowest BCUT2D eigenvalue weighted by Gasteiger charge is -2.12. The molecule has 0 N–H and O–H groups in total. The van der Waals surface area contributed by atoms with Gasteiger partial charge in [0.25, 0.3) is 0 Å². The van der Waals surface area contributed by atoms with Crippen molar-refractivity contribution in [1.29, 1.82) is 0 Å². The third-order valence-corrected chi connectivity index (χ3v) is 3.93. The summed E-state index contributed by atoms with van der Waals surface area (Å²) < 4.78 is 5.19. The van der Waals surface area contributed by atoms with Crippen LogP contribution in [0.4, 0.5) is 0 Å². The molecule has 23 heavy (non-hydrogen) atoms. The Labute approximate surface area is 135 Å². The third-order valence-electron chi connectivity index (χ3n) is 3.93. The summed E-state index contributed by atoms with van der Waals surface area (Å²) in [6, 6.07) is 17.7. The lowest BCUT2D eigenvalue weighted by molar-refractivity contribution is 0.510. The Bertz CT molecular complexity index is 888. The first-order valence-corrected chi connectivity index (χ1v) is 7.64. The van der Waals surface area contributed by atoms with E-state index in [0.29, 0.717) is 5.39 Å². The van der Waals surface area contributed by atoms with E-state index in [1.54, 1.807) is 12.3 Å². The summed E-state index contributed by atoms with van der Waals surface area (Å²) in [4.78, 5) is 11.8. The van der Waals surface area contributed by atoms with E-state index < -0.39 is 0 Å². The smallest absolute Gasteiger partial charge is 0.343 e. The molecule has 0 amide bonds. The number of allylic oxidation sites excluding steroid dienone is 2. The fourth-order valence-electron chi connectivity index (χ4n) is 2.71. The van der Waals surface area contributed by atoms with Gasteiger partial charge in [0.1, 0.15) is 0 Å². The van der Waals surface area contributed by atoms with E-state index in [1.165, 1.54) is 5.56 Å². The van der Waals surface area contributed by atoms with Crippen LogP contribution in [0.5, 0.6) is 0 Å². The predicted molar refractivity (Wildman–Crippen MR) is 95.5 cm³/mol. The van der Waals surface area contributed by atoms with Crippen LogP contribution in [0, 0.1) is 0 Å². The Hall–Kier alpha value is -2.87. The largest absolute Gasteiger partial charge is 0.431 e.